The fraction of sp³-hybridized carbons (Fsp3) is 0.960. The van der Waals surface area contributed by atoms with Gasteiger partial charge in [0.25, 0.3) is 0 Å². The molecule has 0 spiro atoms. The van der Waals surface area contributed by atoms with E-state index in [1.807, 2.05) is 0 Å². The summed E-state index contributed by atoms with van der Waals surface area (Å²) in [5.74, 6) is -0.250. The van der Waals surface area contributed by atoms with Crippen LogP contribution in [-0.4, -0.2) is 151 Å². The van der Waals surface area contributed by atoms with Gasteiger partial charge in [0.05, 0.1) is 145 Å². The first kappa shape index (κ1) is 37.0. The zero-order chi connectivity index (χ0) is 27.6. The van der Waals surface area contributed by atoms with Crippen LogP contribution in [0.4, 0.5) is 0 Å². The summed E-state index contributed by atoms with van der Waals surface area (Å²) in [6, 6.07) is 0. The summed E-state index contributed by atoms with van der Waals surface area (Å²) in [4.78, 5) is 11.1. The fourth-order valence-corrected chi connectivity index (χ4v) is 2.55. The summed E-state index contributed by atoms with van der Waals surface area (Å²) in [5.41, 5.74) is 5.32. The van der Waals surface area contributed by atoms with E-state index in [-0.39, 0.29) is 12.4 Å². The van der Waals surface area contributed by atoms with Crippen molar-refractivity contribution in [2.75, 3.05) is 145 Å². The van der Waals surface area contributed by atoms with Gasteiger partial charge in [0, 0.05) is 6.54 Å². The Kier molecular flexibility index (Phi) is 33.2. The normalized spacial score (nSPS) is 11.3. The summed E-state index contributed by atoms with van der Waals surface area (Å²) in [6.45, 7) is 12.6. The third-order valence-corrected chi connectivity index (χ3v) is 4.37. The van der Waals surface area contributed by atoms with Crippen LogP contribution in [0.5, 0.6) is 0 Å². The van der Waals surface area contributed by atoms with Gasteiger partial charge in [-0.1, -0.05) is 0 Å². The van der Waals surface area contributed by atoms with Gasteiger partial charge in [-0.15, -0.1) is 0 Å². The van der Waals surface area contributed by atoms with Gasteiger partial charge in [0.1, 0.15) is 0 Å². The standard InChI is InChI=1S/C25H51NO12/c1-2-38-25(27)3-5-28-7-9-30-11-13-32-15-17-34-19-21-36-23-24-37-22-20-35-18-16-33-14-12-31-10-8-29-6-4-26/h2-24,26H2,1H3. The molecule has 0 rings (SSSR count). The molecule has 0 aliphatic heterocycles. The van der Waals surface area contributed by atoms with Gasteiger partial charge in [-0.05, 0) is 6.92 Å². The fourth-order valence-electron chi connectivity index (χ4n) is 2.55. The van der Waals surface area contributed by atoms with Crippen LogP contribution in [0.2, 0.25) is 0 Å². The molecule has 0 heterocycles. The number of carbonyl (C=O) groups excluding carboxylic acids is 1. The number of carbonyl (C=O) groups is 1. The maximum absolute atomic E-state index is 11.1. The van der Waals surface area contributed by atoms with Crippen molar-refractivity contribution in [2.24, 2.45) is 5.73 Å². The van der Waals surface area contributed by atoms with Crippen molar-refractivity contribution in [3.63, 3.8) is 0 Å². The van der Waals surface area contributed by atoms with E-state index in [1.165, 1.54) is 0 Å². The second-order valence-corrected chi connectivity index (χ2v) is 7.47. The second-order valence-electron chi connectivity index (χ2n) is 7.47. The lowest BCUT2D eigenvalue weighted by atomic mass is 10.5. The predicted molar refractivity (Wildman–Crippen MR) is 138 cm³/mol. The molecule has 0 aromatic carbocycles. The predicted octanol–water partition coefficient (Wildman–Crippen LogP) is 0.0643. The molecule has 0 aliphatic rings. The van der Waals surface area contributed by atoms with Crippen LogP contribution in [0.3, 0.4) is 0 Å². The lowest BCUT2D eigenvalue weighted by molar-refractivity contribution is -0.144. The Morgan fingerprint density at radius 3 is 0.895 bits per heavy atom. The quantitative estimate of drug-likeness (QED) is 0.0858. The SMILES string of the molecule is CCOC(=O)CCOCCOCCOCCOCCOCCOCCOCCOCCOCCOCCN. The average Bonchev–Trinajstić information content (AvgIpc) is 2.92. The molecule has 0 aromatic rings. The van der Waals surface area contributed by atoms with Crippen LogP contribution in [0.1, 0.15) is 13.3 Å². The Balaban J connectivity index is 3.04. The van der Waals surface area contributed by atoms with E-state index in [0.717, 1.165) is 0 Å². The number of esters is 1. The van der Waals surface area contributed by atoms with Crippen molar-refractivity contribution in [2.45, 2.75) is 13.3 Å². The molecule has 0 saturated heterocycles. The molecule has 0 fully saturated rings. The molecule has 228 valence electrons. The van der Waals surface area contributed by atoms with Gasteiger partial charge in [0.2, 0.25) is 0 Å². The highest BCUT2D eigenvalue weighted by Gasteiger charge is 2.00. The van der Waals surface area contributed by atoms with E-state index in [4.69, 9.17) is 57.8 Å². The Hall–Kier alpha value is -0.970. The molecule has 0 atom stereocenters. The van der Waals surface area contributed by atoms with Crippen LogP contribution in [0.25, 0.3) is 0 Å². The zero-order valence-corrected chi connectivity index (χ0v) is 23.2. The highest BCUT2D eigenvalue weighted by Crippen LogP contribution is 1.89. The molecule has 0 unspecified atom stereocenters. The van der Waals surface area contributed by atoms with E-state index in [1.54, 1.807) is 6.92 Å². The minimum absolute atomic E-state index is 0.250. The number of nitrogens with two attached hydrogens (primary N) is 1. The third-order valence-electron chi connectivity index (χ3n) is 4.37. The highest BCUT2D eigenvalue weighted by molar-refractivity contribution is 5.69. The maximum atomic E-state index is 11.1. The molecule has 13 nitrogen and oxygen atoms in total. The molecule has 13 heteroatoms. The van der Waals surface area contributed by atoms with E-state index in [9.17, 15) is 4.79 Å². The average molecular weight is 558 g/mol. The molecule has 0 amide bonds. The minimum atomic E-state index is -0.250. The van der Waals surface area contributed by atoms with Crippen LogP contribution in [0.15, 0.2) is 0 Å². The molecular weight excluding hydrogens is 506 g/mol. The third kappa shape index (κ3) is 33.1. The van der Waals surface area contributed by atoms with Crippen molar-refractivity contribution in [1.29, 1.82) is 0 Å². The van der Waals surface area contributed by atoms with Crippen LogP contribution in [0, 0.1) is 0 Å². The molecule has 0 aromatic heterocycles. The number of rotatable bonds is 33. The Labute approximate surface area is 227 Å². The van der Waals surface area contributed by atoms with Gasteiger partial charge in [-0.3, -0.25) is 4.79 Å². The van der Waals surface area contributed by atoms with Gasteiger partial charge in [-0.25, -0.2) is 0 Å². The van der Waals surface area contributed by atoms with Gasteiger partial charge >= 0.3 is 5.97 Å². The van der Waals surface area contributed by atoms with Crippen molar-refractivity contribution >= 4 is 5.97 Å². The lowest BCUT2D eigenvalue weighted by Gasteiger charge is -2.09. The summed E-state index contributed by atoms with van der Waals surface area (Å²) in [5, 5.41) is 0. The summed E-state index contributed by atoms with van der Waals surface area (Å²) >= 11 is 0. The molecule has 2 N–H and O–H groups in total. The number of hydrogen-bond acceptors (Lipinski definition) is 13. The Morgan fingerprint density at radius 1 is 0.421 bits per heavy atom. The van der Waals surface area contributed by atoms with Crippen LogP contribution < -0.4 is 5.73 Å². The van der Waals surface area contributed by atoms with Crippen LogP contribution >= 0.6 is 0 Å². The molecule has 0 radical (unpaired) electrons. The molecule has 0 aliphatic carbocycles. The largest absolute Gasteiger partial charge is 0.466 e. The monoisotopic (exact) mass is 557 g/mol. The van der Waals surface area contributed by atoms with Gasteiger partial charge < -0.3 is 57.8 Å². The van der Waals surface area contributed by atoms with Crippen molar-refractivity contribution in [3.05, 3.63) is 0 Å². The smallest absolute Gasteiger partial charge is 0.308 e. The molecule has 0 saturated carbocycles. The molecule has 0 bridgehead atoms. The summed E-state index contributed by atoms with van der Waals surface area (Å²) in [6.07, 6.45) is 0.258. The van der Waals surface area contributed by atoms with Crippen molar-refractivity contribution in [3.8, 4) is 0 Å². The molecular formula is C25H51NO12. The van der Waals surface area contributed by atoms with Gasteiger partial charge in [0.15, 0.2) is 0 Å². The first-order valence-electron chi connectivity index (χ1n) is 13.4. The second kappa shape index (κ2) is 34.1. The number of ether oxygens (including phenoxy) is 11. The highest BCUT2D eigenvalue weighted by atomic mass is 16.6. The topological polar surface area (TPSA) is 145 Å². The van der Waals surface area contributed by atoms with E-state index >= 15 is 0 Å². The van der Waals surface area contributed by atoms with Crippen molar-refractivity contribution in [1.82, 2.24) is 0 Å². The summed E-state index contributed by atoms with van der Waals surface area (Å²) in [7, 11) is 0. The van der Waals surface area contributed by atoms with E-state index < -0.39 is 0 Å². The first-order chi connectivity index (χ1) is 18.8. The zero-order valence-electron chi connectivity index (χ0n) is 23.2. The van der Waals surface area contributed by atoms with Crippen LogP contribution in [-0.2, 0) is 56.9 Å². The molecule has 38 heavy (non-hydrogen) atoms. The summed E-state index contributed by atoms with van der Waals surface area (Å²) < 4.78 is 58.6. The Morgan fingerprint density at radius 2 is 0.658 bits per heavy atom. The number of hydrogen-bond donors (Lipinski definition) is 1. The minimum Gasteiger partial charge on any atom is -0.466 e. The Bertz CT molecular complexity index is 462. The van der Waals surface area contributed by atoms with Gasteiger partial charge in [-0.2, -0.15) is 0 Å². The maximum Gasteiger partial charge on any atom is 0.308 e. The van der Waals surface area contributed by atoms with E-state index in [0.29, 0.717) is 145 Å². The lowest BCUT2D eigenvalue weighted by Crippen LogP contribution is -2.15. The first-order valence-corrected chi connectivity index (χ1v) is 13.4. The van der Waals surface area contributed by atoms with E-state index in [2.05, 4.69) is 0 Å². The van der Waals surface area contributed by atoms with Crippen molar-refractivity contribution < 1.29 is 56.9 Å².